The summed E-state index contributed by atoms with van der Waals surface area (Å²) in [5, 5.41) is 6.45. The fourth-order valence-electron chi connectivity index (χ4n) is 4.61. The van der Waals surface area contributed by atoms with Crippen molar-refractivity contribution in [3.8, 4) is 5.75 Å². The number of nitrogens with zero attached hydrogens (tertiary/aromatic N) is 3. The first-order chi connectivity index (χ1) is 15.0. The van der Waals surface area contributed by atoms with E-state index in [1.165, 1.54) is 4.90 Å². The first kappa shape index (κ1) is 19.5. The second-order valence-electron chi connectivity index (χ2n) is 7.60. The number of ether oxygens (including phenoxy) is 1. The van der Waals surface area contributed by atoms with E-state index >= 15 is 0 Å². The second kappa shape index (κ2) is 7.35. The molecule has 3 aliphatic heterocycles. The van der Waals surface area contributed by atoms with Gasteiger partial charge in [0, 0.05) is 16.8 Å². The molecule has 3 heterocycles. The number of fused-ring (bicyclic) bond motifs is 3. The van der Waals surface area contributed by atoms with Gasteiger partial charge in [0.25, 0.3) is 0 Å². The number of allylic oxidation sites excluding steroid dienone is 1. The molecule has 0 radical (unpaired) electrons. The minimum absolute atomic E-state index is 0.258. The number of anilines is 1. The number of Topliss-reactive ketones (excluding diaryl/α,β-unsaturated/α-hetero) is 1. The average Bonchev–Trinajstić information content (AvgIpc) is 3.27. The van der Waals surface area contributed by atoms with Gasteiger partial charge < -0.3 is 4.74 Å². The molecule has 7 nitrogen and oxygen atoms in total. The lowest BCUT2D eigenvalue weighted by atomic mass is 9.86. The van der Waals surface area contributed by atoms with Crippen LogP contribution in [0.1, 0.15) is 10.4 Å². The van der Waals surface area contributed by atoms with E-state index in [9.17, 15) is 14.4 Å². The second-order valence-corrected chi connectivity index (χ2v) is 8.03. The van der Waals surface area contributed by atoms with Crippen LogP contribution in [0.3, 0.4) is 0 Å². The van der Waals surface area contributed by atoms with E-state index in [0.717, 1.165) is 0 Å². The quantitative estimate of drug-likeness (QED) is 0.545. The summed E-state index contributed by atoms with van der Waals surface area (Å²) in [6.45, 7) is 0. The van der Waals surface area contributed by atoms with Gasteiger partial charge in [0.2, 0.25) is 11.8 Å². The molecule has 156 valence electrons. The van der Waals surface area contributed by atoms with Gasteiger partial charge in [-0.3, -0.25) is 19.4 Å². The molecule has 31 heavy (non-hydrogen) atoms. The van der Waals surface area contributed by atoms with E-state index in [1.807, 2.05) is 6.08 Å². The highest BCUT2D eigenvalue weighted by molar-refractivity contribution is 6.31. The zero-order valence-electron chi connectivity index (χ0n) is 16.5. The average molecular weight is 436 g/mol. The van der Waals surface area contributed by atoms with Crippen LogP contribution in [0, 0.1) is 11.8 Å². The van der Waals surface area contributed by atoms with Crippen LogP contribution in [0.25, 0.3) is 0 Å². The lowest BCUT2D eigenvalue weighted by molar-refractivity contribution is -0.123. The molecule has 3 aliphatic rings. The number of rotatable bonds is 4. The third-order valence-electron chi connectivity index (χ3n) is 6.02. The van der Waals surface area contributed by atoms with Crippen molar-refractivity contribution in [2.75, 3.05) is 12.0 Å². The molecule has 2 aromatic rings. The van der Waals surface area contributed by atoms with Crippen LogP contribution in [0.15, 0.2) is 65.8 Å². The molecule has 5 rings (SSSR count). The monoisotopic (exact) mass is 435 g/mol. The highest BCUT2D eigenvalue weighted by Gasteiger charge is 2.64. The van der Waals surface area contributed by atoms with Gasteiger partial charge >= 0.3 is 0 Å². The lowest BCUT2D eigenvalue weighted by Crippen LogP contribution is -2.46. The largest absolute Gasteiger partial charge is 0.497 e. The molecule has 0 aromatic heterocycles. The Hall–Kier alpha value is -3.45. The minimum atomic E-state index is -0.877. The van der Waals surface area contributed by atoms with Gasteiger partial charge in [0.1, 0.15) is 11.8 Å². The van der Waals surface area contributed by atoms with Crippen molar-refractivity contribution >= 4 is 41.1 Å². The maximum atomic E-state index is 13.5. The number of halogens is 1. The van der Waals surface area contributed by atoms with Gasteiger partial charge in [-0.15, -0.1) is 0 Å². The highest BCUT2D eigenvalue weighted by Crippen LogP contribution is 2.46. The summed E-state index contributed by atoms with van der Waals surface area (Å²) in [5.74, 6) is -1.89. The summed E-state index contributed by atoms with van der Waals surface area (Å²) in [4.78, 5) is 41.5. The van der Waals surface area contributed by atoms with Crippen molar-refractivity contribution in [3.05, 3.63) is 71.3 Å². The van der Waals surface area contributed by atoms with Gasteiger partial charge in [-0.1, -0.05) is 17.7 Å². The number of ketones is 1. The number of carbonyl (C=O) groups is 3. The summed E-state index contributed by atoms with van der Waals surface area (Å²) in [6, 6.07) is 11.9. The number of hydrogen-bond donors (Lipinski definition) is 0. The highest BCUT2D eigenvalue weighted by atomic mass is 35.5. The van der Waals surface area contributed by atoms with Crippen LogP contribution in [0.4, 0.5) is 5.69 Å². The van der Waals surface area contributed by atoms with Gasteiger partial charge in [-0.2, -0.15) is 5.10 Å². The fraction of sp³-hybridized carbons (Fsp3) is 0.217. The lowest BCUT2D eigenvalue weighted by Gasteiger charge is -2.30. The number of imide groups is 1. The number of amides is 2. The third-order valence-corrected chi connectivity index (χ3v) is 6.27. The first-order valence-electron chi connectivity index (χ1n) is 9.82. The molecule has 8 heteroatoms. The molecule has 0 spiro atoms. The van der Waals surface area contributed by atoms with E-state index < -0.39 is 29.8 Å². The van der Waals surface area contributed by atoms with E-state index in [0.29, 0.717) is 22.0 Å². The van der Waals surface area contributed by atoms with E-state index in [2.05, 4.69) is 5.10 Å². The summed E-state index contributed by atoms with van der Waals surface area (Å²) in [5.41, 5.74) is 0.874. The Balaban J connectivity index is 1.55. The van der Waals surface area contributed by atoms with E-state index in [-0.39, 0.29) is 11.7 Å². The molecule has 0 saturated carbocycles. The molecule has 0 bridgehead atoms. The van der Waals surface area contributed by atoms with Crippen molar-refractivity contribution in [1.29, 1.82) is 0 Å². The first-order valence-corrected chi connectivity index (χ1v) is 10.2. The zero-order valence-corrected chi connectivity index (χ0v) is 17.3. The van der Waals surface area contributed by atoms with Gasteiger partial charge in [-0.25, -0.2) is 4.90 Å². The fourth-order valence-corrected chi connectivity index (χ4v) is 4.73. The van der Waals surface area contributed by atoms with Gasteiger partial charge in [-0.05, 0) is 54.6 Å². The van der Waals surface area contributed by atoms with Crippen molar-refractivity contribution in [1.82, 2.24) is 5.01 Å². The molecule has 2 amide bonds. The normalized spacial score (nSPS) is 26.3. The van der Waals surface area contributed by atoms with Crippen molar-refractivity contribution < 1.29 is 19.1 Å². The molecular formula is C23H18ClN3O4. The summed E-state index contributed by atoms with van der Waals surface area (Å²) >= 11 is 5.96. The van der Waals surface area contributed by atoms with Gasteiger partial charge in [0.15, 0.2) is 5.78 Å². The predicted octanol–water partition coefficient (Wildman–Crippen LogP) is 2.95. The van der Waals surface area contributed by atoms with Crippen molar-refractivity contribution in [2.45, 2.75) is 12.1 Å². The van der Waals surface area contributed by atoms with Crippen LogP contribution in [-0.2, 0) is 9.59 Å². The molecule has 1 unspecified atom stereocenters. The van der Waals surface area contributed by atoms with E-state index in [1.54, 1.807) is 72.9 Å². The summed E-state index contributed by atoms with van der Waals surface area (Å²) in [7, 11) is 1.55. The Morgan fingerprint density at radius 1 is 1.00 bits per heavy atom. The van der Waals surface area contributed by atoms with E-state index in [4.69, 9.17) is 16.3 Å². The molecule has 0 aliphatic carbocycles. The van der Waals surface area contributed by atoms with Gasteiger partial charge in [0.05, 0.1) is 30.7 Å². The molecule has 4 atom stereocenters. The van der Waals surface area contributed by atoms with Crippen LogP contribution in [0.2, 0.25) is 5.02 Å². The summed E-state index contributed by atoms with van der Waals surface area (Å²) in [6.07, 6.45) is 5.13. The molecule has 2 aromatic carbocycles. The number of methoxy groups -OCH3 is 1. The predicted molar refractivity (Wildman–Crippen MR) is 115 cm³/mol. The Labute approximate surface area is 183 Å². The number of benzene rings is 2. The minimum Gasteiger partial charge on any atom is -0.497 e. The van der Waals surface area contributed by atoms with Crippen LogP contribution in [0.5, 0.6) is 5.75 Å². The maximum absolute atomic E-state index is 13.5. The standard InChI is InChI=1S/C23H18ClN3O4/c1-31-16-10-4-13(5-11-16)21(28)20-19-18(17-3-2-12-25-27(17)20)22(29)26(23(19)30)15-8-6-14(24)7-9-15/h2-12,17-20H,1H3/t17?,18-,19-,20+/m1/s1. The molecular weight excluding hydrogens is 418 g/mol. The molecule has 2 saturated heterocycles. The topological polar surface area (TPSA) is 79.3 Å². The van der Waals surface area contributed by atoms with Crippen LogP contribution >= 0.6 is 11.6 Å². The number of hydrogen-bond acceptors (Lipinski definition) is 6. The van der Waals surface area contributed by atoms with Crippen molar-refractivity contribution in [2.24, 2.45) is 16.9 Å². The Kier molecular flexibility index (Phi) is 4.63. The van der Waals surface area contributed by atoms with Crippen molar-refractivity contribution in [3.63, 3.8) is 0 Å². The molecule has 0 N–H and O–H groups in total. The maximum Gasteiger partial charge on any atom is 0.240 e. The Morgan fingerprint density at radius 3 is 2.35 bits per heavy atom. The Morgan fingerprint density at radius 2 is 1.68 bits per heavy atom. The third kappa shape index (κ3) is 2.96. The number of carbonyl (C=O) groups excluding carboxylic acids is 3. The zero-order chi connectivity index (χ0) is 21.7. The van der Waals surface area contributed by atoms with Crippen LogP contribution in [-0.4, -0.2) is 48.0 Å². The Bertz CT molecular complexity index is 1130. The number of hydrazone groups is 1. The smallest absolute Gasteiger partial charge is 0.240 e. The van der Waals surface area contributed by atoms with Crippen LogP contribution < -0.4 is 9.64 Å². The molecule has 2 fully saturated rings. The summed E-state index contributed by atoms with van der Waals surface area (Å²) < 4.78 is 5.16. The SMILES string of the molecule is COc1ccc(C(=O)[C@@H]2[C@@H]3C(=O)N(c4ccc(Cl)cc4)C(=O)[C@@H]3C3C=CC=NN32)cc1.